The third-order valence-electron chi connectivity index (χ3n) is 1.72. The van der Waals surface area contributed by atoms with Gasteiger partial charge in [-0.15, -0.1) is 0 Å². The van der Waals surface area contributed by atoms with Crippen LogP contribution in [0.5, 0.6) is 0 Å². The van der Waals surface area contributed by atoms with Crippen LogP contribution in [-0.2, 0) is 0 Å². The Hall–Kier alpha value is -0.660. The Balaban J connectivity index is 2.12. The zero-order valence-electron chi connectivity index (χ0n) is 5.59. The molecular weight excluding hydrogens is 112 g/mol. The number of aliphatic imine (C=N–C) groups is 2. The van der Waals surface area contributed by atoms with Gasteiger partial charge in [0.05, 0.1) is 6.54 Å². The average Bonchev–Trinajstić information content (AvgIpc) is 2.58. The fourth-order valence-electron chi connectivity index (χ4n) is 1.02. The lowest BCUT2D eigenvalue weighted by atomic mass is 10.4. The van der Waals surface area contributed by atoms with Crippen molar-refractivity contribution < 1.29 is 0 Å². The first-order valence-electron chi connectivity index (χ1n) is 3.45. The second-order valence-electron chi connectivity index (χ2n) is 2.80. The topological polar surface area (TPSA) is 24.7 Å². The van der Waals surface area contributed by atoms with Gasteiger partial charge in [-0.25, -0.2) is 4.99 Å². The van der Waals surface area contributed by atoms with Crippen molar-refractivity contribution in [3.63, 3.8) is 0 Å². The monoisotopic (exact) mass is 122 g/mol. The molecule has 48 valence electrons. The van der Waals surface area contributed by atoms with Gasteiger partial charge in [-0.3, -0.25) is 4.99 Å². The predicted molar refractivity (Wildman–Crippen MR) is 38.1 cm³/mol. The summed E-state index contributed by atoms with van der Waals surface area (Å²) in [5.41, 5.74) is 1.18. The summed E-state index contributed by atoms with van der Waals surface area (Å²) < 4.78 is 0. The molecule has 0 spiro atoms. The Morgan fingerprint density at radius 1 is 1.44 bits per heavy atom. The summed E-state index contributed by atoms with van der Waals surface area (Å²) in [4.78, 5) is 8.61. The van der Waals surface area contributed by atoms with Crippen LogP contribution in [0.4, 0.5) is 0 Å². The lowest BCUT2D eigenvalue weighted by molar-refractivity contribution is 1.15. The van der Waals surface area contributed by atoms with Crippen LogP contribution >= 0.6 is 0 Å². The second kappa shape index (κ2) is 1.66. The molecule has 1 aliphatic heterocycles. The molecule has 0 aromatic rings. The standard InChI is InChI=1S/C7H10N2/c1-5-4-8-7(9-5)6-2-3-6/h6H,2-4H2,1H3. The molecular formula is C7H10N2. The van der Waals surface area contributed by atoms with E-state index in [2.05, 4.69) is 9.98 Å². The maximum atomic E-state index is 4.32. The molecule has 9 heavy (non-hydrogen) atoms. The number of amidine groups is 1. The van der Waals surface area contributed by atoms with E-state index in [9.17, 15) is 0 Å². The Morgan fingerprint density at radius 2 is 2.22 bits per heavy atom. The highest BCUT2D eigenvalue weighted by Crippen LogP contribution is 2.32. The van der Waals surface area contributed by atoms with Gasteiger partial charge in [-0.05, 0) is 19.8 Å². The van der Waals surface area contributed by atoms with Crippen molar-refractivity contribution in [2.75, 3.05) is 6.54 Å². The van der Waals surface area contributed by atoms with Crippen LogP contribution in [0.2, 0.25) is 0 Å². The Bertz CT molecular complexity index is 187. The van der Waals surface area contributed by atoms with Gasteiger partial charge >= 0.3 is 0 Å². The molecule has 2 heteroatoms. The molecule has 0 N–H and O–H groups in total. The van der Waals surface area contributed by atoms with Crippen LogP contribution in [-0.4, -0.2) is 18.1 Å². The summed E-state index contributed by atoms with van der Waals surface area (Å²) in [5.74, 6) is 1.86. The minimum absolute atomic E-state index is 0.738. The molecule has 2 nitrogen and oxygen atoms in total. The smallest absolute Gasteiger partial charge is 0.126 e. The third kappa shape index (κ3) is 0.889. The van der Waals surface area contributed by atoms with E-state index in [0.717, 1.165) is 18.3 Å². The number of hydrogen-bond acceptors (Lipinski definition) is 2. The van der Waals surface area contributed by atoms with Crippen molar-refractivity contribution in [2.24, 2.45) is 15.9 Å². The molecule has 2 aliphatic rings. The highest BCUT2D eigenvalue weighted by molar-refractivity contribution is 6.04. The van der Waals surface area contributed by atoms with E-state index in [4.69, 9.17) is 0 Å². The molecule has 2 rings (SSSR count). The average molecular weight is 122 g/mol. The fourth-order valence-corrected chi connectivity index (χ4v) is 1.02. The van der Waals surface area contributed by atoms with Crippen molar-refractivity contribution in [3.05, 3.63) is 0 Å². The molecule has 0 amide bonds. The van der Waals surface area contributed by atoms with Gasteiger partial charge in [0.15, 0.2) is 0 Å². The second-order valence-corrected chi connectivity index (χ2v) is 2.80. The molecule has 1 heterocycles. The molecule has 1 aliphatic carbocycles. The van der Waals surface area contributed by atoms with Gasteiger partial charge < -0.3 is 0 Å². The van der Waals surface area contributed by atoms with E-state index in [1.54, 1.807) is 0 Å². The minimum atomic E-state index is 0.738. The van der Waals surface area contributed by atoms with Crippen molar-refractivity contribution in [2.45, 2.75) is 19.8 Å². The highest BCUT2D eigenvalue weighted by atomic mass is 15.0. The van der Waals surface area contributed by atoms with E-state index >= 15 is 0 Å². The quantitative estimate of drug-likeness (QED) is 0.500. The first-order chi connectivity index (χ1) is 4.36. The van der Waals surface area contributed by atoms with Gasteiger partial charge in [0.25, 0.3) is 0 Å². The van der Waals surface area contributed by atoms with Crippen molar-refractivity contribution in [1.82, 2.24) is 0 Å². The van der Waals surface area contributed by atoms with E-state index in [1.807, 2.05) is 6.92 Å². The van der Waals surface area contributed by atoms with Gasteiger partial charge in [-0.1, -0.05) is 0 Å². The summed E-state index contributed by atoms with van der Waals surface area (Å²) in [6.45, 7) is 2.89. The lowest BCUT2D eigenvalue weighted by Gasteiger charge is -1.85. The van der Waals surface area contributed by atoms with Crippen LogP contribution in [0.3, 0.4) is 0 Å². The van der Waals surface area contributed by atoms with Crippen LogP contribution in [0.1, 0.15) is 19.8 Å². The van der Waals surface area contributed by atoms with Crippen LogP contribution < -0.4 is 0 Å². The van der Waals surface area contributed by atoms with Crippen LogP contribution in [0.15, 0.2) is 9.98 Å². The summed E-state index contributed by atoms with van der Waals surface area (Å²) >= 11 is 0. The summed E-state index contributed by atoms with van der Waals surface area (Å²) in [6, 6.07) is 0. The predicted octanol–water partition coefficient (Wildman–Crippen LogP) is 1.27. The van der Waals surface area contributed by atoms with Gasteiger partial charge in [0.1, 0.15) is 5.84 Å². The van der Waals surface area contributed by atoms with Crippen molar-refractivity contribution >= 4 is 11.5 Å². The Kier molecular flexibility index (Phi) is 0.949. The Morgan fingerprint density at radius 3 is 2.67 bits per heavy atom. The molecule has 0 unspecified atom stereocenters. The summed E-state index contributed by atoms with van der Waals surface area (Å²) in [6.07, 6.45) is 2.63. The van der Waals surface area contributed by atoms with E-state index < -0.39 is 0 Å². The van der Waals surface area contributed by atoms with E-state index in [0.29, 0.717) is 0 Å². The number of hydrogen-bond donors (Lipinski definition) is 0. The largest absolute Gasteiger partial charge is 0.264 e. The number of nitrogens with zero attached hydrogens (tertiary/aromatic N) is 2. The normalized spacial score (nSPS) is 25.9. The highest BCUT2D eigenvalue weighted by Gasteiger charge is 2.28. The first kappa shape index (κ1) is 5.15. The maximum absolute atomic E-state index is 4.32. The molecule has 0 saturated heterocycles. The maximum Gasteiger partial charge on any atom is 0.126 e. The van der Waals surface area contributed by atoms with E-state index in [-0.39, 0.29) is 0 Å². The van der Waals surface area contributed by atoms with Gasteiger partial charge in [-0.2, -0.15) is 0 Å². The SMILES string of the molecule is CC1=NC(C2CC2)=NC1. The van der Waals surface area contributed by atoms with Gasteiger partial charge in [0.2, 0.25) is 0 Å². The zero-order chi connectivity index (χ0) is 6.27. The minimum Gasteiger partial charge on any atom is -0.264 e. The molecule has 0 bridgehead atoms. The summed E-state index contributed by atoms with van der Waals surface area (Å²) in [7, 11) is 0. The zero-order valence-corrected chi connectivity index (χ0v) is 5.59. The molecule has 0 aromatic carbocycles. The van der Waals surface area contributed by atoms with Crippen LogP contribution in [0.25, 0.3) is 0 Å². The van der Waals surface area contributed by atoms with E-state index in [1.165, 1.54) is 18.6 Å². The van der Waals surface area contributed by atoms with Crippen LogP contribution in [0, 0.1) is 5.92 Å². The van der Waals surface area contributed by atoms with Crippen molar-refractivity contribution in [1.29, 1.82) is 0 Å². The molecule has 1 fully saturated rings. The fraction of sp³-hybridized carbons (Fsp3) is 0.714. The Labute approximate surface area is 54.7 Å². The molecule has 0 atom stereocenters. The molecule has 1 saturated carbocycles. The molecule has 0 aromatic heterocycles. The lowest BCUT2D eigenvalue weighted by Crippen LogP contribution is -1.92. The van der Waals surface area contributed by atoms with Crippen molar-refractivity contribution in [3.8, 4) is 0 Å². The van der Waals surface area contributed by atoms with Gasteiger partial charge in [0, 0.05) is 11.6 Å². The molecule has 0 radical (unpaired) electrons. The summed E-state index contributed by atoms with van der Waals surface area (Å²) in [5, 5.41) is 0. The third-order valence-corrected chi connectivity index (χ3v) is 1.72. The first-order valence-corrected chi connectivity index (χ1v) is 3.45. The number of rotatable bonds is 1.